The lowest BCUT2D eigenvalue weighted by atomic mass is 10.3. The molecule has 7 nitrogen and oxygen atoms in total. The van der Waals surface area contributed by atoms with Gasteiger partial charge in [0.15, 0.2) is 0 Å². The number of piperazine rings is 1. The zero-order valence-electron chi connectivity index (χ0n) is 15.7. The van der Waals surface area contributed by atoms with Crippen LogP contribution in [-0.2, 0) is 17.1 Å². The Kier molecular flexibility index (Phi) is 5.14. The lowest BCUT2D eigenvalue weighted by Crippen LogP contribution is -2.50. The number of hydrogen-bond acceptors (Lipinski definition) is 5. The van der Waals surface area contributed by atoms with Gasteiger partial charge in [-0.15, -0.1) is 11.3 Å². The van der Waals surface area contributed by atoms with Gasteiger partial charge in [-0.1, -0.05) is 11.6 Å². The van der Waals surface area contributed by atoms with Crippen LogP contribution in [0.4, 0.5) is 4.39 Å². The summed E-state index contributed by atoms with van der Waals surface area (Å²) in [7, 11) is -1.96. The van der Waals surface area contributed by atoms with E-state index < -0.39 is 15.8 Å². The van der Waals surface area contributed by atoms with Gasteiger partial charge < -0.3 is 4.90 Å². The Labute approximate surface area is 176 Å². The average molecular weight is 457 g/mol. The number of benzene rings is 1. The van der Waals surface area contributed by atoms with Crippen molar-refractivity contribution in [1.82, 2.24) is 19.0 Å². The number of halogens is 2. The lowest BCUT2D eigenvalue weighted by molar-refractivity contribution is 0.0703. The second-order valence-corrected chi connectivity index (χ2v) is 10.2. The largest absolute Gasteiger partial charge is 0.335 e. The molecule has 0 unspecified atom stereocenters. The van der Waals surface area contributed by atoms with Crippen LogP contribution in [-0.4, -0.2) is 59.5 Å². The van der Waals surface area contributed by atoms with Crippen LogP contribution < -0.4 is 0 Å². The average Bonchev–Trinajstić information content (AvgIpc) is 3.25. The molecule has 3 heterocycles. The van der Waals surface area contributed by atoms with Crippen LogP contribution in [0.5, 0.6) is 0 Å². The van der Waals surface area contributed by atoms with Gasteiger partial charge in [0.2, 0.25) is 10.0 Å². The van der Waals surface area contributed by atoms with Crippen LogP contribution in [0.25, 0.3) is 10.2 Å². The van der Waals surface area contributed by atoms with Crippen molar-refractivity contribution in [3.8, 4) is 0 Å². The van der Waals surface area contributed by atoms with Gasteiger partial charge in [-0.3, -0.25) is 9.48 Å². The van der Waals surface area contributed by atoms with Crippen molar-refractivity contribution in [3.05, 3.63) is 45.7 Å². The van der Waals surface area contributed by atoms with Crippen LogP contribution in [0.2, 0.25) is 5.02 Å². The first-order valence-corrected chi connectivity index (χ1v) is 11.5. The summed E-state index contributed by atoms with van der Waals surface area (Å²) in [6, 6.07) is 5.18. The first kappa shape index (κ1) is 20.3. The van der Waals surface area contributed by atoms with Crippen LogP contribution in [0.1, 0.15) is 15.4 Å². The van der Waals surface area contributed by atoms with E-state index in [2.05, 4.69) is 5.10 Å². The maximum Gasteiger partial charge on any atom is 0.264 e. The van der Waals surface area contributed by atoms with Gasteiger partial charge in [0.25, 0.3) is 5.91 Å². The Morgan fingerprint density at radius 2 is 1.90 bits per heavy atom. The van der Waals surface area contributed by atoms with Gasteiger partial charge in [-0.05, 0) is 31.2 Å². The normalized spacial score (nSPS) is 15.9. The zero-order chi connectivity index (χ0) is 20.9. The number of carbonyl (C=O) groups is 1. The molecule has 2 aromatic heterocycles. The van der Waals surface area contributed by atoms with Crippen molar-refractivity contribution in [2.75, 3.05) is 26.2 Å². The number of hydrogen-bond donors (Lipinski definition) is 0. The van der Waals surface area contributed by atoms with E-state index >= 15 is 0 Å². The summed E-state index contributed by atoms with van der Waals surface area (Å²) in [5.41, 5.74) is 0.867. The van der Waals surface area contributed by atoms with Gasteiger partial charge in [0.1, 0.15) is 10.6 Å². The van der Waals surface area contributed by atoms with E-state index in [1.807, 2.05) is 20.0 Å². The molecule has 0 aliphatic carbocycles. The second kappa shape index (κ2) is 7.35. The van der Waals surface area contributed by atoms with E-state index in [0.717, 1.165) is 28.0 Å². The third-order valence-corrected chi connectivity index (χ3v) is 8.34. The first-order valence-electron chi connectivity index (χ1n) is 8.86. The molecule has 1 fully saturated rings. The molecule has 0 N–H and O–H groups in total. The summed E-state index contributed by atoms with van der Waals surface area (Å²) in [5, 5.41) is 5.05. The Balaban J connectivity index is 1.48. The van der Waals surface area contributed by atoms with E-state index in [0.29, 0.717) is 4.88 Å². The molecule has 11 heteroatoms. The van der Waals surface area contributed by atoms with Crippen molar-refractivity contribution in [3.63, 3.8) is 0 Å². The molecule has 4 rings (SSSR count). The molecular weight excluding hydrogens is 439 g/mol. The molecule has 29 heavy (non-hydrogen) atoms. The fraction of sp³-hybridized carbons (Fsp3) is 0.333. The molecule has 0 spiro atoms. The number of carbonyl (C=O) groups excluding carboxylic acids is 1. The highest BCUT2D eigenvalue weighted by Crippen LogP contribution is 2.29. The van der Waals surface area contributed by atoms with Crippen molar-refractivity contribution >= 4 is 49.1 Å². The van der Waals surface area contributed by atoms with Gasteiger partial charge >= 0.3 is 0 Å². The third kappa shape index (κ3) is 3.54. The lowest BCUT2D eigenvalue weighted by Gasteiger charge is -2.33. The van der Waals surface area contributed by atoms with Gasteiger partial charge in [-0.25, -0.2) is 12.8 Å². The van der Waals surface area contributed by atoms with E-state index in [-0.39, 0.29) is 42.0 Å². The monoisotopic (exact) mass is 456 g/mol. The number of nitrogens with zero attached hydrogens (tertiary/aromatic N) is 4. The van der Waals surface area contributed by atoms with Crippen molar-refractivity contribution in [1.29, 1.82) is 0 Å². The molecule has 1 amide bonds. The van der Waals surface area contributed by atoms with Crippen LogP contribution >= 0.6 is 22.9 Å². The quantitative estimate of drug-likeness (QED) is 0.607. The van der Waals surface area contributed by atoms with Crippen LogP contribution in [0, 0.1) is 12.7 Å². The number of thiophene rings is 1. The van der Waals surface area contributed by atoms with Crippen LogP contribution in [0.3, 0.4) is 0 Å². The molecule has 154 valence electrons. The molecule has 1 aliphatic rings. The second-order valence-electron chi connectivity index (χ2n) is 6.81. The molecular formula is C18H18ClFN4O3S2. The number of sulfonamides is 1. The van der Waals surface area contributed by atoms with Gasteiger partial charge in [-0.2, -0.15) is 9.40 Å². The summed E-state index contributed by atoms with van der Waals surface area (Å²) >= 11 is 7.10. The van der Waals surface area contributed by atoms with Crippen LogP contribution in [0.15, 0.2) is 29.2 Å². The molecule has 3 aromatic rings. The molecule has 1 aliphatic heterocycles. The fourth-order valence-electron chi connectivity index (χ4n) is 3.38. The minimum Gasteiger partial charge on any atom is -0.335 e. The predicted molar refractivity (Wildman–Crippen MR) is 109 cm³/mol. The minimum absolute atomic E-state index is 0.0591. The molecule has 1 aromatic carbocycles. The summed E-state index contributed by atoms with van der Waals surface area (Å²) in [6.07, 6.45) is 0. The van der Waals surface area contributed by atoms with E-state index in [1.165, 1.54) is 21.7 Å². The summed E-state index contributed by atoms with van der Waals surface area (Å²) in [5.74, 6) is -0.790. The van der Waals surface area contributed by atoms with Gasteiger partial charge in [0.05, 0.1) is 20.5 Å². The Bertz CT molecular complexity index is 1180. The first-order chi connectivity index (χ1) is 13.7. The number of fused-ring (bicyclic) bond motifs is 1. The molecule has 0 atom stereocenters. The van der Waals surface area contributed by atoms with Crippen molar-refractivity contribution < 1.29 is 17.6 Å². The van der Waals surface area contributed by atoms with E-state index in [1.54, 1.807) is 9.58 Å². The SMILES string of the molecule is Cc1nn(C)c2sc(C(=O)N3CCN(S(=O)(=O)c4ccc(F)c(Cl)c4)CC3)cc12. The Hall–Kier alpha value is -2.01. The molecule has 1 saturated heterocycles. The highest BCUT2D eigenvalue weighted by molar-refractivity contribution is 7.89. The molecule has 0 saturated carbocycles. The Morgan fingerprint density at radius 3 is 2.52 bits per heavy atom. The van der Waals surface area contributed by atoms with Gasteiger partial charge in [0, 0.05) is 38.6 Å². The minimum atomic E-state index is -3.80. The Morgan fingerprint density at radius 1 is 1.21 bits per heavy atom. The topological polar surface area (TPSA) is 75.5 Å². The number of amides is 1. The van der Waals surface area contributed by atoms with Crippen molar-refractivity contribution in [2.24, 2.45) is 7.05 Å². The van der Waals surface area contributed by atoms with E-state index in [4.69, 9.17) is 11.6 Å². The maximum atomic E-state index is 13.3. The zero-order valence-corrected chi connectivity index (χ0v) is 18.1. The summed E-state index contributed by atoms with van der Waals surface area (Å²) in [6.45, 7) is 2.77. The summed E-state index contributed by atoms with van der Waals surface area (Å²) < 4.78 is 42.0. The number of aromatic nitrogens is 2. The van der Waals surface area contributed by atoms with Crippen molar-refractivity contribution in [2.45, 2.75) is 11.8 Å². The highest BCUT2D eigenvalue weighted by Gasteiger charge is 2.31. The smallest absolute Gasteiger partial charge is 0.264 e. The molecule has 0 bridgehead atoms. The summed E-state index contributed by atoms with van der Waals surface area (Å²) in [4.78, 5) is 16.0. The maximum absolute atomic E-state index is 13.3. The van der Waals surface area contributed by atoms with E-state index in [9.17, 15) is 17.6 Å². The standard InChI is InChI=1S/C18H18ClFN4O3S2/c1-11-13-10-16(28-18(13)22(2)21-11)17(25)23-5-7-24(8-6-23)29(26,27)12-3-4-15(20)14(19)9-12/h3-4,9-10H,5-8H2,1-2H3. The fourth-order valence-corrected chi connectivity index (χ4v) is 6.17. The third-order valence-electron chi connectivity index (χ3n) is 4.96. The number of rotatable bonds is 3. The molecule has 0 radical (unpaired) electrons. The number of aryl methyl sites for hydroxylation is 2. The predicted octanol–water partition coefficient (Wildman–Crippen LogP) is 2.88. The highest BCUT2D eigenvalue weighted by atomic mass is 35.5.